The molecule has 1 amide bonds. The standard InChI is InChI=1S/C23H37N3O4S/c1-3-4-5-6-7-11-21(28)26-23(12-13-27,22(29)30)14-18-9-8-10-20(17(18)2)25-15-19(24)16-31/h6-10,19,25,27,31H,3-5,11-16,24H2,1-2H3,(H,26,28)(H,29,30)/b7-6+/t19-,23+/m1/s1. The second-order valence-electron chi connectivity index (χ2n) is 7.82. The Morgan fingerprint density at radius 2 is 2.06 bits per heavy atom. The normalized spacial score (nSPS) is 14.2. The van der Waals surface area contributed by atoms with E-state index in [0.29, 0.717) is 12.3 Å². The van der Waals surface area contributed by atoms with E-state index in [0.717, 1.165) is 36.1 Å². The minimum Gasteiger partial charge on any atom is -0.479 e. The number of unbranched alkanes of at least 4 members (excludes halogenated alkanes) is 2. The van der Waals surface area contributed by atoms with Gasteiger partial charge >= 0.3 is 5.97 Å². The minimum atomic E-state index is -1.59. The Morgan fingerprint density at radius 3 is 2.68 bits per heavy atom. The summed E-state index contributed by atoms with van der Waals surface area (Å²) in [4.78, 5) is 24.7. The number of aliphatic hydroxyl groups excluding tert-OH is 1. The summed E-state index contributed by atoms with van der Waals surface area (Å²) < 4.78 is 0. The van der Waals surface area contributed by atoms with Crippen molar-refractivity contribution in [2.24, 2.45) is 5.73 Å². The third-order valence-electron chi connectivity index (χ3n) is 5.25. The molecule has 0 aliphatic rings. The van der Waals surface area contributed by atoms with E-state index in [2.05, 4.69) is 30.2 Å². The number of carbonyl (C=O) groups is 2. The maximum absolute atomic E-state index is 12.5. The third kappa shape index (κ3) is 8.93. The number of hydrogen-bond acceptors (Lipinski definition) is 6. The highest BCUT2D eigenvalue weighted by Crippen LogP contribution is 2.25. The quantitative estimate of drug-likeness (QED) is 0.138. The number of anilines is 1. The van der Waals surface area contributed by atoms with Gasteiger partial charge in [-0.1, -0.05) is 44.1 Å². The molecule has 174 valence electrons. The largest absolute Gasteiger partial charge is 0.479 e. The second kappa shape index (κ2) is 14.1. The van der Waals surface area contributed by atoms with Crippen LogP contribution in [0.25, 0.3) is 0 Å². The monoisotopic (exact) mass is 451 g/mol. The number of allylic oxidation sites excluding steroid dienone is 1. The van der Waals surface area contributed by atoms with Gasteiger partial charge in [-0.3, -0.25) is 4.79 Å². The number of carbonyl (C=O) groups excluding carboxylic acids is 1. The number of aliphatic carboxylic acids is 1. The molecule has 1 aromatic carbocycles. The van der Waals surface area contributed by atoms with Crippen LogP contribution in [-0.2, 0) is 16.0 Å². The number of aliphatic hydroxyl groups is 1. The van der Waals surface area contributed by atoms with Gasteiger partial charge in [-0.2, -0.15) is 12.6 Å². The first-order valence-electron chi connectivity index (χ1n) is 10.8. The molecule has 0 saturated carbocycles. The van der Waals surface area contributed by atoms with Crippen LogP contribution in [0.2, 0.25) is 0 Å². The number of carboxylic acid groups (broad SMARTS) is 1. The first-order chi connectivity index (χ1) is 14.8. The van der Waals surface area contributed by atoms with Crippen molar-refractivity contribution in [1.82, 2.24) is 5.32 Å². The second-order valence-corrected chi connectivity index (χ2v) is 8.18. The van der Waals surface area contributed by atoms with Crippen molar-refractivity contribution in [2.45, 2.75) is 64.0 Å². The highest BCUT2D eigenvalue weighted by Gasteiger charge is 2.40. The lowest BCUT2D eigenvalue weighted by Crippen LogP contribution is -2.56. The number of amides is 1. The van der Waals surface area contributed by atoms with E-state index in [1.54, 1.807) is 6.08 Å². The van der Waals surface area contributed by atoms with Crippen molar-refractivity contribution in [2.75, 3.05) is 24.2 Å². The zero-order valence-electron chi connectivity index (χ0n) is 18.6. The summed E-state index contributed by atoms with van der Waals surface area (Å²) in [6, 6.07) is 5.47. The number of thiol groups is 1. The van der Waals surface area contributed by atoms with E-state index in [1.807, 2.05) is 31.2 Å². The average Bonchev–Trinajstić information content (AvgIpc) is 2.73. The lowest BCUT2D eigenvalue weighted by Gasteiger charge is -2.31. The molecule has 1 aromatic rings. The fourth-order valence-corrected chi connectivity index (χ4v) is 3.40. The van der Waals surface area contributed by atoms with Gasteiger partial charge in [0.05, 0.1) is 0 Å². The Morgan fingerprint density at radius 1 is 1.32 bits per heavy atom. The maximum Gasteiger partial charge on any atom is 0.329 e. The molecule has 0 spiro atoms. The Kier molecular flexibility index (Phi) is 12.3. The molecule has 0 saturated heterocycles. The lowest BCUT2D eigenvalue weighted by atomic mass is 9.85. The van der Waals surface area contributed by atoms with Gasteiger partial charge in [0.2, 0.25) is 5.91 Å². The predicted octanol–water partition coefficient (Wildman–Crippen LogP) is 2.67. The summed E-state index contributed by atoms with van der Waals surface area (Å²) in [5.41, 5.74) is 6.83. The zero-order chi connectivity index (χ0) is 23.3. The van der Waals surface area contributed by atoms with E-state index in [9.17, 15) is 19.8 Å². The molecule has 0 aliphatic heterocycles. The summed E-state index contributed by atoms with van der Waals surface area (Å²) in [5.74, 6) is -1.00. The van der Waals surface area contributed by atoms with E-state index >= 15 is 0 Å². The van der Waals surface area contributed by atoms with Crippen LogP contribution in [0.4, 0.5) is 5.69 Å². The first kappa shape index (κ1) is 27.0. The summed E-state index contributed by atoms with van der Waals surface area (Å²) in [6.07, 6.45) is 6.78. The number of carboxylic acids is 1. The van der Waals surface area contributed by atoms with Crippen LogP contribution in [0.1, 0.15) is 50.2 Å². The third-order valence-corrected chi connectivity index (χ3v) is 5.72. The van der Waals surface area contributed by atoms with E-state index in [4.69, 9.17) is 5.73 Å². The van der Waals surface area contributed by atoms with Crippen LogP contribution in [0, 0.1) is 6.92 Å². The summed E-state index contributed by atoms with van der Waals surface area (Å²) in [7, 11) is 0. The molecular weight excluding hydrogens is 414 g/mol. The number of benzene rings is 1. The number of nitrogens with one attached hydrogen (secondary N) is 2. The van der Waals surface area contributed by atoms with E-state index in [1.165, 1.54) is 0 Å². The molecule has 8 heteroatoms. The highest BCUT2D eigenvalue weighted by molar-refractivity contribution is 7.80. The summed E-state index contributed by atoms with van der Waals surface area (Å²) in [6.45, 7) is 4.17. The smallest absolute Gasteiger partial charge is 0.329 e. The Balaban J connectivity index is 3.03. The SMILES string of the molecule is CCCC/C=C/CC(=O)N[C@@](CCO)(Cc1cccc(NC[C@@H](N)CS)c1C)C(=O)O. The van der Waals surface area contributed by atoms with Crippen molar-refractivity contribution in [3.05, 3.63) is 41.5 Å². The molecule has 0 aliphatic carbocycles. The van der Waals surface area contributed by atoms with Gasteiger partial charge < -0.3 is 26.6 Å². The molecule has 0 unspecified atom stereocenters. The van der Waals surface area contributed by atoms with Crippen LogP contribution >= 0.6 is 12.6 Å². The molecule has 7 nitrogen and oxygen atoms in total. The van der Waals surface area contributed by atoms with E-state index in [-0.39, 0.29) is 37.8 Å². The Hall–Kier alpha value is -2.03. The van der Waals surface area contributed by atoms with Crippen LogP contribution in [0.5, 0.6) is 0 Å². The predicted molar refractivity (Wildman–Crippen MR) is 129 cm³/mol. The number of rotatable bonds is 15. The van der Waals surface area contributed by atoms with Gasteiger partial charge in [0.15, 0.2) is 0 Å². The van der Waals surface area contributed by atoms with Crippen molar-refractivity contribution in [3.8, 4) is 0 Å². The molecule has 0 heterocycles. The Bertz CT molecular complexity index is 742. The first-order valence-corrected chi connectivity index (χ1v) is 11.4. The van der Waals surface area contributed by atoms with Gasteiger partial charge in [0.25, 0.3) is 0 Å². The minimum absolute atomic E-state index is 0.0636. The molecule has 0 fully saturated rings. The fraction of sp³-hybridized carbons (Fsp3) is 0.565. The van der Waals surface area contributed by atoms with E-state index < -0.39 is 11.5 Å². The molecule has 0 bridgehead atoms. The van der Waals surface area contributed by atoms with Gasteiger partial charge in [-0.25, -0.2) is 4.79 Å². The van der Waals surface area contributed by atoms with Gasteiger partial charge in [0, 0.05) is 49.9 Å². The fourth-order valence-electron chi connectivity index (χ4n) is 3.27. The molecular formula is C23H37N3O4S. The van der Waals surface area contributed by atoms with Gasteiger partial charge in [-0.15, -0.1) is 0 Å². The topological polar surface area (TPSA) is 125 Å². The molecule has 0 radical (unpaired) electrons. The van der Waals surface area contributed by atoms with Crippen molar-refractivity contribution in [3.63, 3.8) is 0 Å². The maximum atomic E-state index is 12.5. The van der Waals surface area contributed by atoms with Gasteiger partial charge in [0.1, 0.15) is 5.54 Å². The van der Waals surface area contributed by atoms with Crippen LogP contribution in [-0.4, -0.2) is 52.6 Å². The van der Waals surface area contributed by atoms with Crippen LogP contribution in [0.3, 0.4) is 0 Å². The summed E-state index contributed by atoms with van der Waals surface area (Å²) in [5, 5.41) is 25.5. The van der Waals surface area contributed by atoms with Crippen LogP contribution < -0.4 is 16.4 Å². The average molecular weight is 452 g/mol. The molecule has 2 atom stereocenters. The lowest BCUT2D eigenvalue weighted by molar-refractivity contribution is -0.148. The van der Waals surface area contributed by atoms with Crippen LogP contribution in [0.15, 0.2) is 30.4 Å². The summed E-state index contributed by atoms with van der Waals surface area (Å²) >= 11 is 4.18. The molecule has 6 N–H and O–H groups in total. The number of hydrogen-bond donors (Lipinski definition) is 6. The molecule has 31 heavy (non-hydrogen) atoms. The zero-order valence-corrected chi connectivity index (χ0v) is 19.5. The van der Waals surface area contributed by atoms with Crippen molar-refractivity contribution < 1.29 is 19.8 Å². The number of nitrogens with two attached hydrogens (primary N) is 1. The van der Waals surface area contributed by atoms with Crippen molar-refractivity contribution in [1.29, 1.82) is 0 Å². The van der Waals surface area contributed by atoms with Gasteiger partial charge in [-0.05, 0) is 30.5 Å². The van der Waals surface area contributed by atoms with Crippen molar-refractivity contribution >= 4 is 30.2 Å². The molecule has 1 rings (SSSR count). The molecule has 0 aromatic heterocycles. The Labute approximate surface area is 190 Å². The highest BCUT2D eigenvalue weighted by atomic mass is 32.1.